The molecule has 2 atom stereocenters. The summed E-state index contributed by atoms with van der Waals surface area (Å²) in [5, 5.41) is 12.2. The topological polar surface area (TPSA) is 66.4 Å². The van der Waals surface area contributed by atoms with Crippen molar-refractivity contribution in [2.75, 3.05) is 0 Å². The Balaban J connectivity index is 2.87. The van der Waals surface area contributed by atoms with Gasteiger partial charge in [0.05, 0.1) is 0 Å². The molecular weight excluding hydrogens is 266 g/mol. The van der Waals surface area contributed by atoms with Crippen molar-refractivity contribution in [2.24, 2.45) is 5.92 Å². The number of halogens is 1. The maximum absolute atomic E-state index is 12.0. The molecule has 1 rings (SSSR count). The molecule has 4 nitrogen and oxygen atoms in total. The Morgan fingerprint density at radius 3 is 2.53 bits per heavy atom. The lowest BCUT2D eigenvalue weighted by atomic mass is 9.99. The third kappa shape index (κ3) is 3.96. The second-order valence-corrected chi connectivity index (χ2v) is 5.05. The van der Waals surface area contributed by atoms with Crippen molar-refractivity contribution < 1.29 is 14.7 Å². The van der Waals surface area contributed by atoms with Gasteiger partial charge < -0.3 is 10.4 Å². The van der Waals surface area contributed by atoms with E-state index in [1.54, 1.807) is 25.1 Å². The predicted octanol–water partition coefficient (Wildman–Crippen LogP) is 2.88. The van der Waals surface area contributed by atoms with Gasteiger partial charge in [0.15, 0.2) is 0 Å². The lowest BCUT2D eigenvalue weighted by Crippen LogP contribution is -2.45. The zero-order valence-electron chi connectivity index (χ0n) is 11.2. The Hall–Kier alpha value is -1.55. The second-order valence-electron chi connectivity index (χ2n) is 4.64. The molecule has 0 heterocycles. The van der Waals surface area contributed by atoms with Gasteiger partial charge in [-0.25, -0.2) is 4.79 Å². The molecule has 0 radical (unpaired) electrons. The summed E-state index contributed by atoms with van der Waals surface area (Å²) in [6, 6.07) is 4.02. The van der Waals surface area contributed by atoms with Crippen LogP contribution in [0.3, 0.4) is 0 Å². The average molecular weight is 284 g/mol. The molecule has 0 aromatic heterocycles. The van der Waals surface area contributed by atoms with Crippen molar-refractivity contribution in [3.05, 3.63) is 34.3 Å². The number of carboxylic acid groups (broad SMARTS) is 1. The fourth-order valence-electron chi connectivity index (χ4n) is 1.64. The molecule has 1 amide bonds. The van der Waals surface area contributed by atoms with Crippen LogP contribution in [0.1, 0.15) is 36.2 Å². The first-order valence-corrected chi connectivity index (χ1v) is 6.54. The summed E-state index contributed by atoms with van der Waals surface area (Å²) in [6.45, 7) is 5.51. The van der Waals surface area contributed by atoms with Crippen LogP contribution < -0.4 is 5.32 Å². The number of benzene rings is 1. The highest BCUT2D eigenvalue weighted by Crippen LogP contribution is 2.17. The molecule has 0 saturated carbocycles. The first-order chi connectivity index (χ1) is 8.86. The van der Waals surface area contributed by atoms with Crippen molar-refractivity contribution in [3.8, 4) is 0 Å². The number of carbonyl (C=O) groups is 2. The van der Waals surface area contributed by atoms with E-state index < -0.39 is 17.9 Å². The van der Waals surface area contributed by atoms with Gasteiger partial charge in [0.25, 0.3) is 5.91 Å². The molecule has 2 N–H and O–H groups in total. The first kappa shape index (κ1) is 15.5. The highest BCUT2D eigenvalue weighted by molar-refractivity contribution is 6.31. The molecule has 104 valence electrons. The number of carboxylic acids is 1. The SMILES string of the molecule is CCC(C)[C@H](NC(=O)c1ccc(C)c(Cl)c1)C(=O)O. The van der Waals surface area contributed by atoms with Crippen LogP contribution >= 0.6 is 11.6 Å². The van der Waals surface area contributed by atoms with E-state index in [1.807, 2.05) is 13.8 Å². The molecule has 0 fully saturated rings. The molecule has 1 unspecified atom stereocenters. The van der Waals surface area contributed by atoms with Gasteiger partial charge in [-0.15, -0.1) is 0 Å². The summed E-state index contributed by atoms with van der Waals surface area (Å²) >= 11 is 5.95. The Morgan fingerprint density at radius 2 is 2.05 bits per heavy atom. The largest absolute Gasteiger partial charge is 0.480 e. The molecule has 0 aliphatic carbocycles. The maximum Gasteiger partial charge on any atom is 0.326 e. The zero-order valence-corrected chi connectivity index (χ0v) is 12.0. The lowest BCUT2D eigenvalue weighted by molar-refractivity contribution is -0.140. The Labute approximate surface area is 117 Å². The average Bonchev–Trinajstić information content (AvgIpc) is 2.37. The molecule has 0 aliphatic rings. The number of carbonyl (C=O) groups excluding carboxylic acids is 1. The minimum absolute atomic E-state index is 0.137. The summed E-state index contributed by atoms with van der Waals surface area (Å²) in [7, 11) is 0. The van der Waals surface area contributed by atoms with Crippen LogP contribution in [-0.2, 0) is 4.79 Å². The number of rotatable bonds is 5. The van der Waals surface area contributed by atoms with Gasteiger partial charge in [-0.05, 0) is 30.5 Å². The smallest absolute Gasteiger partial charge is 0.326 e. The molecule has 1 aromatic carbocycles. The van der Waals surface area contributed by atoms with Crippen LogP contribution in [0.15, 0.2) is 18.2 Å². The van der Waals surface area contributed by atoms with Crippen molar-refractivity contribution >= 4 is 23.5 Å². The van der Waals surface area contributed by atoms with Gasteiger partial charge in [-0.3, -0.25) is 4.79 Å². The summed E-state index contributed by atoms with van der Waals surface area (Å²) < 4.78 is 0. The molecule has 19 heavy (non-hydrogen) atoms. The number of amides is 1. The quantitative estimate of drug-likeness (QED) is 0.873. The van der Waals surface area contributed by atoms with E-state index >= 15 is 0 Å². The van der Waals surface area contributed by atoms with Crippen LogP contribution in [0.25, 0.3) is 0 Å². The molecule has 1 aromatic rings. The second kappa shape index (κ2) is 6.57. The van der Waals surface area contributed by atoms with E-state index in [0.29, 0.717) is 17.0 Å². The summed E-state index contributed by atoms with van der Waals surface area (Å²) in [4.78, 5) is 23.2. The summed E-state index contributed by atoms with van der Waals surface area (Å²) in [5.41, 5.74) is 1.24. The fraction of sp³-hybridized carbons (Fsp3) is 0.429. The Kier molecular flexibility index (Phi) is 5.36. The lowest BCUT2D eigenvalue weighted by Gasteiger charge is -2.20. The van der Waals surface area contributed by atoms with Crippen molar-refractivity contribution in [1.82, 2.24) is 5.32 Å². The highest BCUT2D eigenvalue weighted by atomic mass is 35.5. The van der Waals surface area contributed by atoms with E-state index in [2.05, 4.69) is 5.32 Å². The molecule has 0 aliphatic heterocycles. The van der Waals surface area contributed by atoms with Gasteiger partial charge in [-0.2, -0.15) is 0 Å². The van der Waals surface area contributed by atoms with Gasteiger partial charge >= 0.3 is 5.97 Å². The molecule has 0 saturated heterocycles. The van der Waals surface area contributed by atoms with Gasteiger partial charge in [-0.1, -0.05) is 37.9 Å². The maximum atomic E-state index is 12.0. The van der Waals surface area contributed by atoms with Crippen molar-refractivity contribution in [1.29, 1.82) is 0 Å². The normalized spacial score (nSPS) is 13.7. The van der Waals surface area contributed by atoms with Crippen molar-refractivity contribution in [3.63, 3.8) is 0 Å². The highest BCUT2D eigenvalue weighted by Gasteiger charge is 2.25. The third-order valence-electron chi connectivity index (χ3n) is 3.20. The fourth-order valence-corrected chi connectivity index (χ4v) is 1.82. The molecule has 5 heteroatoms. The number of hydrogen-bond acceptors (Lipinski definition) is 2. The van der Waals surface area contributed by atoms with Crippen LogP contribution in [0, 0.1) is 12.8 Å². The minimum atomic E-state index is -1.03. The molecule has 0 spiro atoms. The van der Waals surface area contributed by atoms with Gasteiger partial charge in [0.2, 0.25) is 0 Å². The van der Waals surface area contributed by atoms with Crippen molar-refractivity contribution in [2.45, 2.75) is 33.2 Å². The monoisotopic (exact) mass is 283 g/mol. The van der Waals surface area contributed by atoms with E-state index in [-0.39, 0.29) is 5.92 Å². The number of aliphatic carboxylic acids is 1. The number of aryl methyl sites for hydroxylation is 1. The van der Waals surface area contributed by atoms with Gasteiger partial charge in [0, 0.05) is 10.6 Å². The molecular formula is C14H18ClNO3. The first-order valence-electron chi connectivity index (χ1n) is 6.16. The number of hydrogen-bond donors (Lipinski definition) is 2. The zero-order chi connectivity index (χ0) is 14.6. The van der Waals surface area contributed by atoms with E-state index in [1.165, 1.54) is 0 Å². The number of nitrogens with one attached hydrogen (secondary N) is 1. The predicted molar refractivity (Wildman–Crippen MR) is 74.5 cm³/mol. The summed E-state index contributed by atoms with van der Waals surface area (Å²) in [5.74, 6) is -1.59. The third-order valence-corrected chi connectivity index (χ3v) is 3.61. The summed E-state index contributed by atoms with van der Waals surface area (Å²) in [6.07, 6.45) is 0.673. The minimum Gasteiger partial charge on any atom is -0.480 e. The Morgan fingerprint density at radius 1 is 1.42 bits per heavy atom. The Bertz CT molecular complexity index is 488. The van der Waals surface area contributed by atoms with Crippen LogP contribution in [-0.4, -0.2) is 23.0 Å². The van der Waals surface area contributed by atoms with Crippen LogP contribution in [0.5, 0.6) is 0 Å². The molecule has 0 bridgehead atoms. The van der Waals surface area contributed by atoms with Crippen LogP contribution in [0.2, 0.25) is 5.02 Å². The van der Waals surface area contributed by atoms with E-state index in [9.17, 15) is 9.59 Å². The van der Waals surface area contributed by atoms with Gasteiger partial charge in [0.1, 0.15) is 6.04 Å². The van der Waals surface area contributed by atoms with E-state index in [0.717, 1.165) is 5.56 Å². The standard InChI is InChI=1S/C14H18ClNO3/c1-4-8(2)12(14(18)19)16-13(17)10-6-5-9(3)11(15)7-10/h5-8,12H,4H2,1-3H3,(H,16,17)(H,18,19)/t8?,12-/m0/s1. The van der Waals surface area contributed by atoms with Crippen LogP contribution in [0.4, 0.5) is 0 Å². The van der Waals surface area contributed by atoms with E-state index in [4.69, 9.17) is 16.7 Å².